The summed E-state index contributed by atoms with van der Waals surface area (Å²) in [5.74, 6) is 0.116. The number of fused-ring (bicyclic) bond motifs is 1. The number of anilines is 1. The number of benzodiazepines with no additional fused rings is 1. The summed E-state index contributed by atoms with van der Waals surface area (Å²) in [6.07, 6.45) is 0. The molecule has 1 N–H and O–H groups in total. The van der Waals surface area contributed by atoms with Crippen LogP contribution in [0.25, 0.3) is 0 Å². The smallest absolute Gasteiger partial charge is 0.191 e. The second-order valence-corrected chi connectivity index (χ2v) is 7.81. The SMILES string of the molecule is CNC(C(=O)c1cccs1)C1CN=C(c2ccccc2)c2ccccc2N1C. The summed E-state index contributed by atoms with van der Waals surface area (Å²) in [6.45, 7) is 0.540. The van der Waals surface area contributed by atoms with E-state index in [9.17, 15) is 4.79 Å². The van der Waals surface area contributed by atoms with Gasteiger partial charge in [0.1, 0.15) is 0 Å². The van der Waals surface area contributed by atoms with E-state index >= 15 is 0 Å². The Kier molecular flexibility index (Phi) is 5.37. The number of thiophene rings is 1. The predicted octanol–water partition coefficient (Wildman–Crippen LogP) is 3.87. The standard InChI is InChI=1S/C23H23N3OS/c1-24-22(23(27)20-13-8-14-28-20)19-15-25-21(16-9-4-3-5-10-16)17-11-6-7-12-18(17)26(19)2/h3-14,19,22,24H,15H2,1-2H3. The number of carbonyl (C=O) groups is 1. The molecule has 1 aliphatic heterocycles. The van der Waals surface area contributed by atoms with Crippen molar-refractivity contribution in [2.45, 2.75) is 12.1 Å². The number of carbonyl (C=O) groups excluding carboxylic acids is 1. The highest BCUT2D eigenvalue weighted by Crippen LogP contribution is 2.29. The van der Waals surface area contributed by atoms with Crippen LogP contribution in [0.4, 0.5) is 5.69 Å². The Morgan fingerprint density at radius 2 is 1.86 bits per heavy atom. The number of aliphatic imine (C=N–C) groups is 1. The maximum absolute atomic E-state index is 13.1. The molecule has 1 aromatic heterocycles. The summed E-state index contributed by atoms with van der Waals surface area (Å²) in [5, 5.41) is 5.19. The molecule has 2 heterocycles. The molecular weight excluding hydrogens is 366 g/mol. The molecule has 0 radical (unpaired) electrons. The van der Waals surface area contributed by atoms with Crippen molar-refractivity contribution in [2.75, 3.05) is 25.5 Å². The maximum atomic E-state index is 13.1. The molecule has 0 spiro atoms. The van der Waals surface area contributed by atoms with Crippen molar-refractivity contribution >= 4 is 28.5 Å². The summed E-state index contributed by atoms with van der Waals surface area (Å²) >= 11 is 1.48. The number of benzene rings is 2. The quantitative estimate of drug-likeness (QED) is 0.674. The van der Waals surface area contributed by atoms with Crippen LogP contribution in [0.2, 0.25) is 0 Å². The van der Waals surface area contributed by atoms with Gasteiger partial charge in [0.2, 0.25) is 0 Å². The normalized spacial score (nSPS) is 17.4. The number of hydrogen-bond donors (Lipinski definition) is 1. The zero-order valence-corrected chi connectivity index (χ0v) is 16.8. The van der Waals surface area contributed by atoms with Crippen molar-refractivity contribution in [1.82, 2.24) is 5.32 Å². The van der Waals surface area contributed by atoms with Crippen LogP contribution in [-0.2, 0) is 0 Å². The van der Waals surface area contributed by atoms with Gasteiger partial charge in [-0.25, -0.2) is 0 Å². The first kappa shape index (κ1) is 18.6. The zero-order chi connectivity index (χ0) is 19.5. The third-order valence-corrected chi connectivity index (χ3v) is 6.15. The van der Waals surface area contributed by atoms with E-state index in [2.05, 4.69) is 41.5 Å². The fourth-order valence-electron chi connectivity index (χ4n) is 3.79. The van der Waals surface area contributed by atoms with Gasteiger partial charge in [0.25, 0.3) is 0 Å². The predicted molar refractivity (Wildman–Crippen MR) is 117 cm³/mol. The second-order valence-electron chi connectivity index (χ2n) is 6.86. The average molecular weight is 390 g/mol. The van der Waals surface area contributed by atoms with Gasteiger partial charge in [-0.2, -0.15) is 0 Å². The minimum absolute atomic E-state index is 0.0815. The molecule has 0 saturated heterocycles. The maximum Gasteiger partial charge on any atom is 0.191 e. The molecule has 5 heteroatoms. The van der Waals surface area contributed by atoms with Crippen LogP contribution >= 0.6 is 11.3 Å². The third kappa shape index (κ3) is 3.39. The van der Waals surface area contributed by atoms with E-state index in [1.54, 1.807) is 0 Å². The fraction of sp³-hybridized carbons (Fsp3) is 0.217. The van der Waals surface area contributed by atoms with Gasteiger partial charge in [0.15, 0.2) is 5.78 Å². The Hall–Kier alpha value is -2.76. The molecule has 4 nitrogen and oxygen atoms in total. The lowest BCUT2D eigenvalue weighted by atomic mass is 9.99. The van der Waals surface area contributed by atoms with Gasteiger partial charge < -0.3 is 10.2 Å². The summed E-state index contributed by atoms with van der Waals surface area (Å²) < 4.78 is 0. The molecule has 4 rings (SSSR count). The lowest BCUT2D eigenvalue weighted by Crippen LogP contribution is -2.53. The van der Waals surface area contributed by atoms with Gasteiger partial charge in [-0.1, -0.05) is 54.6 Å². The van der Waals surface area contributed by atoms with Gasteiger partial charge in [-0.3, -0.25) is 9.79 Å². The highest BCUT2D eigenvalue weighted by Gasteiger charge is 2.34. The van der Waals surface area contributed by atoms with Gasteiger partial charge in [0, 0.05) is 23.9 Å². The van der Waals surface area contributed by atoms with E-state index in [0.29, 0.717) is 6.54 Å². The first-order chi connectivity index (χ1) is 13.7. The molecule has 2 aromatic carbocycles. The highest BCUT2D eigenvalue weighted by molar-refractivity contribution is 7.12. The number of likely N-dealkylation sites (N-methyl/N-ethyl adjacent to an activating group) is 2. The van der Waals surface area contributed by atoms with Crippen LogP contribution in [-0.4, -0.2) is 44.2 Å². The monoisotopic (exact) mass is 389 g/mol. The minimum Gasteiger partial charge on any atom is -0.367 e. The van der Waals surface area contributed by atoms with Crippen LogP contribution in [0.15, 0.2) is 77.1 Å². The van der Waals surface area contributed by atoms with E-state index < -0.39 is 0 Å². The lowest BCUT2D eigenvalue weighted by molar-refractivity contribution is 0.0937. The molecule has 0 bridgehead atoms. The number of nitrogens with zero attached hydrogens (tertiary/aromatic N) is 2. The van der Waals surface area contributed by atoms with Crippen molar-refractivity contribution in [3.8, 4) is 0 Å². The molecule has 28 heavy (non-hydrogen) atoms. The summed E-state index contributed by atoms with van der Waals surface area (Å²) in [7, 11) is 3.90. The molecular formula is C23H23N3OS. The van der Waals surface area contributed by atoms with Gasteiger partial charge in [-0.15, -0.1) is 11.3 Å². The van der Waals surface area contributed by atoms with Gasteiger partial charge in [-0.05, 0) is 24.6 Å². The Morgan fingerprint density at radius 1 is 1.11 bits per heavy atom. The first-order valence-electron chi connectivity index (χ1n) is 9.38. The van der Waals surface area contributed by atoms with E-state index in [1.165, 1.54) is 11.3 Å². The molecule has 3 aromatic rings. The van der Waals surface area contributed by atoms with E-state index in [1.807, 2.05) is 54.9 Å². The Balaban J connectivity index is 1.77. The van der Waals surface area contributed by atoms with Crippen LogP contribution in [0.3, 0.4) is 0 Å². The molecule has 1 aliphatic rings. The Morgan fingerprint density at radius 3 is 2.57 bits per heavy atom. The molecule has 2 atom stereocenters. The Bertz CT molecular complexity index is 982. The largest absolute Gasteiger partial charge is 0.367 e. The number of nitrogens with one attached hydrogen (secondary N) is 1. The van der Waals surface area contributed by atoms with Crippen molar-refractivity contribution in [3.05, 3.63) is 88.1 Å². The van der Waals surface area contributed by atoms with E-state index in [-0.39, 0.29) is 17.9 Å². The lowest BCUT2D eigenvalue weighted by Gasteiger charge is -2.33. The van der Waals surface area contributed by atoms with Crippen molar-refractivity contribution in [2.24, 2.45) is 4.99 Å². The molecule has 0 fully saturated rings. The second kappa shape index (κ2) is 8.09. The van der Waals surface area contributed by atoms with Crippen LogP contribution in [0.5, 0.6) is 0 Å². The van der Waals surface area contributed by atoms with E-state index in [0.717, 1.165) is 27.4 Å². The van der Waals surface area contributed by atoms with Crippen molar-refractivity contribution in [3.63, 3.8) is 0 Å². The summed E-state index contributed by atoms with van der Waals surface area (Å²) in [6, 6.07) is 21.9. The van der Waals surface area contributed by atoms with Gasteiger partial charge >= 0.3 is 0 Å². The summed E-state index contributed by atoms with van der Waals surface area (Å²) in [5.41, 5.74) is 4.25. The molecule has 142 valence electrons. The molecule has 2 unspecified atom stereocenters. The van der Waals surface area contributed by atoms with Gasteiger partial charge in [0.05, 0.1) is 29.2 Å². The third-order valence-electron chi connectivity index (χ3n) is 5.26. The highest BCUT2D eigenvalue weighted by atomic mass is 32.1. The fourth-order valence-corrected chi connectivity index (χ4v) is 4.50. The molecule has 0 saturated carbocycles. The van der Waals surface area contributed by atoms with Crippen molar-refractivity contribution < 1.29 is 4.79 Å². The van der Waals surface area contributed by atoms with E-state index in [4.69, 9.17) is 4.99 Å². The van der Waals surface area contributed by atoms with Crippen LogP contribution in [0.1, 0.15) is 20.8 Å². The topological polar surface area (TPSA) is 44.7 Å². The molecule has 0 aliphatic carbocycles. The number of rotatable bonds is 5. The number of ketones is 1. The summed E-state index contributed by atoms with van der Waals surface area (Å²) in [4.78, 5) is 21.1. The zero-order valence-electron chi connectivity index (χ0n) is 16.0. The first-order valence-corrected chi connectivity index (χ1v) is 10.3. The number of Topliss-reactive ketones (excluding diaryl/α,β-unsaturated/α-hetero) is 1. The number of para-hydroxylation sites is 1. The minimum atomic E-state index is -0.337. The molecule has 0 amide bonds. The van der Waals surface area contributed by atoms with Crippen LogP contribution in [0, 0.1) is 0 Å². The average Bonchev–Trinajstić information content (AvgIpc) is 3.24. The number of hydrogen-bond acceptors (Lipinski definition) is 5. The van der Waals surface area contributed by atoms with Crippen LogP contribution < -0.4 is 10.2 Å². The Labute approximate surface area is 169 Å². The van der Waals surface area contributed by atoms with Crippen molar-refractivity contribution in [1.29, 1.82) is 0 Å².